The fourth-order valence-corrected chi connectivity index (χ4v) is 1.81. The van der Waals surface area contributed by atoms with Crippen molar-refractivity contribution >= 4 is 12.2 Å². The van der Waals surface area contributed by atoms with Gasteiger partial charge < -0.3 is 15.0 Å². The first-order valence-corrected chi connectivity index (χ1v) is 4.21. The van der Waals surface area contributed by atoms with Crippen LogP contribution in [-0.2, 0) is 9.59 Å². The fourth-order valence-electron chi connectivity index (χ4n) is 1.81. The second-order valence-corrected chi connectivity index (χ2v) is 3.31. The van der Waals surface area contributed by atoms with Gasteiger partial charge in [-0.3, -0.25) is 0 Å². The van der Waals surface area contributed by atoms with Crippen LogP contribution in [-0.4, -0.2) is 34.6 Å². The maximum Gasteiger partial charge on any atom is 0.126 e. The van der Waals surface area contributed by atoms with E-state index < -0.39 is 18.1 Å². The molecule has 0 radical (unpaired) electrons. The summed E-state index contributed by atoms with van der Waals surface area (Å²) in [5, 5.41) is 18.7. The van der Waals surface area contributed by atoms with Gasteiger partial charge in [-0.2, -0.15) is 0 Å². The first kappa shape index (κ1) is 10.1. The van der Waals surface area contributed by atoms with Crippen molar-refractivity contribution < 1.29 is 19.8 Å². The Morgan fingerprint density at radius 1 is 1.38 bits per heavy atom. The Labute approximate surface area is 75.9 Å². The Morgan fingerprint density at radius 3 is 2.62 bits per heavy atom. The second-order valence-electron chi connectivity index (χ2n) is 3.31. The van der Waals surface area contributed by atoms with Crippen molar-refractivity contribution in [2.24, 2.45) is 11.8 Å². The van der Waals surface area contributed by atoms with Gasteiger partial charge in [0.05, 0.1) is 12.2 Å². The lowest BCUT2D eigenvalue weighted by molar-refractivity contribution is -0.114. The van der Waals surface area contributed by atoms with Gasteiger partial charge in [0.25, 0.3) is 0 Å². The Hall–Kier alpha value is -0.960. The minimum absolute atomic E-state index is 0.209. The Kier molecular flexibility index (Phi) is 3.37. The Morgan fingerprint density at radius 2 is 2.08 bits per heavy atom. The average molecular weight is 184 g/mol. The minimum Gasteiger partial charge on any atom is -0.393 e. The van der Waals surface area contributed by atoms with Crippen molar-refractivity contribution in [2.75, 3.05) is 0 Å². The van der Waals surface area contributed by atoms with E-state index in [4.69, 9.17) is 0 Å². The van der Waals surface area contributed by atoms with Crippen LogP contribution >= 0.6 is 0 Å². The van der Waals surface area contributed by atoms with Gasteiger partial charge in [0.1, 0.15) is 12.2 Å². The zero-order valence-corrected chi connectivity index (χ0v) is 7.09. The largest absolute Gasteiger partial charge is 0.393 e. The van der Waals surface area contributed by atoms with Crippen molar-refractivity contribution in [1.29, 1.82) is 0 Å². The molecule has 0 aliphatic heterocycles. The summed E-state index contributed by atoms with van der Waals surface area (Å²) in [5.41, 5.74) is 0. The highest BCUT2D eigenvalue weighted by Crippen LogP contribution is 2.33. The van der Waals surface area contributed by atoms with Gasteiger partial charge in [-0.25, -0.2) is 4.79 Å². The number of carbonyl (C=O) groups excluding carboxylic acids is 2. The maximum atomic E-state index is 10.6. The quantitative estimate of drug-likeness (QED) is 0.450. The van der Waals surface area contributed by atoms with E-state index in [0.29, 0.717) is 12.7 Å². The standard InChI is InChI=1S/C9H12O4/c10-3-1-2-6-7(5-11)9(13)4-8(6)12/h1,5-9,12-13H,2,4H2. The van der Waals surface area contributed by atoms with E-state index in [2.05, 4.69) is 0 Å². The van der Waals surface area contributed by atoms with Crippen LogP contribution in [0.15, 0.2) is 6.08 Å². The molecule has 1 aliphatic carbocycles. The van der Waals surface area contributed by atoms with Crippen LogP contribution in [0.4, 0.5) is 0 Å². The van der Waals surface area contributed by atoms with Crippen LogP contribution in [0, 0.1) is 11.8 Å². The molecule has 1 fully saturated rings. The predicted molar refractivity (Wildman–Crippen MR) is 44.6 cm³/mol. The molecule has 1 aliphatic rings. The van der Waals surface area contributed by atoms with Gasteiger partial charge in [-0.15, -0.1) is 0 Å². The van der Waals surface area contributed by atoms with Crippen LogP contribution in [0.25, 0.3) is 0 Å². The van der Waals surface area contributed by atoms with Crippen molar-refractivity contribution in [1.82, 2.24) is 0 Å². The van der Waals surface area contributed by atoms with Crippen LogP contribution in [0.5, 0.6) is 0 Å². The summed E-state index contributed by atoms with van der Waals surface area (Å²) in [5.74, 6) is 0.696. The highest BCUT2D eigenvalue weighted by Gasteiger charge is 2.40. The molecule has 0 spiro atoms. The lowest BCUT2D eigenvalue weighted by atomic mass is 9.92. The SMILES string of the molecule is O=C=CCC1C(O)CC(O)C1C=O. The van der Waals surface area contributed by atoms with Crippen molar-refractivity contribution in [2.45, 2.75) is 25.0 Å². The van der Waals surface area contributed by atoms with E-state index in [1.807, 2.05) is 0 Å². The van der Waals surface area contributed by atoms with Crippen molar-refractivity contribution in [3.05, 3.63) is 6.08 Å². The average Bonchev–Trinajstić information content (AvgIpc) is 2.37. The second kappa shape index (κ2) is 4.33. The molecule has 0 heterocycles. The number of allylic oxidation sites excluding steroid dienone is 1. The van der Waals surface area contributed by atoms with Gasteiger partial charge in [0.2, 0.25) is 0 Å². The number of aldehydes is 1. The first-order chi connectivity index (χ1) is 6.20. The number of aliphatic hydroxyl groups is 2. The smallest absolute Gasteiger partial charge is 0.126 e. The van der Waals surface area contributed by atoms with Crippen LogP contribution in [0.3, 0.4) is 0 Å². The molecule has 0 aromatic heterocycles. The first-order valence-electron chi connectivity index (χ1n) is 4.21. The topological polar surface area (TPSA) is 74.6 Å². The zero-order valence-electron chi connectivity index (χ0n) is 7.09. The molecule has 1 rings (SSSR count). The van der Waals surface area contributed by atoms with Crippen LogP contribution in [0.1, 0.15) is 12.8 Å². The van der Waals surface area contributed by atoms with Crippen LogP contribution < -0.4 is 0 Å². The summed E-state index contributed by atoms with van der Waals surface area (Å²) in [6.45, 7) is 0. The third kappa shape index (κ3) is 2.04. The molecule has 1 saturated carbocycles. The summed E-state index contributed by atoms with van der Waals surface area (Å²) in [6.07, 6.45) is 0.908. The molecule has 13 heavy (non-hydrogen) atoms. The molecule has 0 amide bonds. The monoisotopic (exact) mass is 184 g/mol. The molecular weight excluding hydrogens is 172 g/mol. The summed E-state index contributed by atoms with van der Waals surface area (Å²) in [6, 6.07) is 0. The summed E-state index contributed by atoms with van der Waals surface area (Å²) in [7, 11) is 0. The highest BCUT2D eigenvalue weighted by molar-refractivity contribution is 5.56. The molecule has 4 atom stereocenters. The number of aliphatic hydroxyl groups excluding tert-OH is 2. The van der Waals surface area contributed by atoms with Crippen molar-refractivity contribution in [3.63, 3.8) is 0 Å². The summed E-state index contributed by atoms with van der Waals surface area (Å²) >= 11 is 0. The van der Waals surface area contributed by atoms with E-state index in [9.17, 15) is 19.8 Å². The number of rotatable bonds is 3. The Balaban J connectivity index is 2.68. The van der Waals surface area contributed by atoms with Gasteiger partial charge in [-0.1, -0.05) is 0 Å². The lowest BCUT2D eigenvalue weighted by Gasteiger charge is -2.15. The number of hydrogen-bond donors (Lipinski definition) is 2. The number of hydrogen-bond acceptors (Lipinski definition) is 4. The van der Waals surface area contributed by atoms with Gasteiger partial charge in [0.15, 0.2) is 0 Å². The van der Waals surface area contributed by atoms with E-state index in [-0.39, 0.29) is 12.3 Å². The van der Waals surface area contributed by atoms with Gasteiger partial charge in [-0.05, 0) is 6.42 Å². The third-order valence-corrected chi connectivity index (χ3v) is 2.55. The van der Waals surface area contributed by atoms with E-state index in [1.165, 1.54) is 6.08 Å². The molecular formula is C9H12O4. The molecule has 0 saturated heterocycles. The van der Waals surface area contributed by atoms with Crippen LogP contribution in [0.2, 0.25) is 0 Å². The molecule has 4 heteroatoms. The summed E-state index contributed by atoms with van der Waals surface area (Å²) < 4.78 is 0. The summed E-state index contributed by atoms with van der Waals surface area (Å²) in [4.78, 5) is 20.5. The van der Waals surface area contributed by atoms with Gasteiger partial charge >= 0.3 is 0 Å². The highest BCUT2D eigenvalue weighted by atomic mass is 16.3. The molecule has 72 valence electrons. The van der Waals surface area contributed by atoms with Crippen molar-refractivity contribution in [3.8, 4) is 0 Å². The van der Waals surface area contributed by atoms with E-state index in [0.717, 1.165) is 0 Å². The van der Waals surface area contributed by atoms with Gasteiger partial charge in [0, 0.05) is 24.3 Å². The maximum absolute atomic E-state index is 10.6. The predicted octanol–water partition coefficient (Wildman–Crippen LogP) is -0.679. The van der Waals surface area contributed by atoms with E-state index >= 15 is 0 Å². The lowest BCUT2D eigenvalue weighted by Crippen LogP contribution is -2.22. The molecule has 4 nitrogen and oxygen atoms in total. The zero-order chi connectivity index (χ0) is 9.84. The molecule has 4 unspecified atom stereocenters. The normalized spacial score (nSPS) is 38.3. The van der Waals surface area contributed by atoms with E-state index in [1.54, 1.807) is 5.94 Å². The molecule has 2 N–H and O–H groups in total. The Bertz CT molecular complexity index is 232. The molecule has 0 aromatic rings. The molecule has 0 aromatic carbocycles. The fraction of sp³-hybridized carbons (Fsp3) is 0.667. The molecule has 0 bridgehead atoms. The minimum atomic E-state index is -0.780. The number of carbonyl (C=O) groups is 1. The third-order valence-electron chi connectivity index (χ3n) is 2.55.